The minimum Gasteiger partial charge on any atom is -0.368 e. The number of amides is 2. The van der Waals surface area contributed by atoms with E-state index in [2.05, 4.69) is 43.0 Å². The van der Waals surface area contributed by atoms with Crippen molar-refractivity contribution in [3.8, 4) is 6.07 Å². The second-order valence-corrected chi connectivity index (χ2v) is 7.35. The summed E-state index contributed by atoms with van der Waals surface area (Å²) in [6.45, 7) is 8.42. The minimum absolute atomic E-state index is 0.0202. The highest BCUT2D eigenvalue weighted by atomic mass is 16.2. The van der Waals surface area contributed by atoms with E-state index in [1.54, 1.807) is 24.3 Å². The molecule has 29 heavy (non-hydrogen) atoms. The van der Waals surface area contributed by atoms with Crippen molar-refractivity contribution < 1.29 is 9.59 Å². The number of benzene rings is 2. The second kappa shape index (κ2) is 8.78. The molecule has 0 unspecified atom stereocenters. The van der Waals surface area contributed by atoms with Gasteiger partial charge in [0.05, 0.1) is 11.6 Å². The van der Waals surface area contributed by atoms with Gasteiger partial charge in [-0.15, -0.1) is 0 Å². The molecular weight excluding hydrogens is 364 g/mol. The van der Waals surface area contributed by atoms with Gasteiger partial charge in [-0.25, -0.2) is 0 Å². The average Bonchev–Trinajstić information content (AvgIpc) is 2.73. The fourth-order valence-corrected chi connectivity index (χ4v) is 3.64. The zero-order valence-electron chi connectivity index (χ0n) is 17.2. The molecule has 0 aromatic heterocycles. The van der Waals surface area contributed by atoms with E-state index in [1.165, 1.54) is 28.6 Å². The van der Waals surface area contributed by atoms with Crippen molar-refractivity contribution in [2.45, 2.75) is 20.8 Å². The molecule has 0 N–H and O–H groups in total. The van der Waals surface area contributed by atoms with E-state index in [1.807, 2.05) is 4.90 Å². The first-order valence-corrected chi connectivity index (χ1v) is 9.78. The Bertz CT molecular complexity index is 956. The highest BCUT2D eigenvalue weighted by Crippen LogP contribution is 2.24. The zero-order valence-corrected chi connectivity index (χ0v) is 17.2. The van der Waals surface area contributed by atoms with Crippen LogP contribution in [0.15, 0.2) is 42.5 Å². The third-order valence-corrected chi connectivity index (χ3v) is 5.51. The lowest BCUT2D eigenvalue weighted by atomic mass is 10.1. The largest absolute Gasteiger partial charge is 0.368 e. The number of nitriles is 1. The molecule has 3 rings (SSSR count). The number of anilines is 2. The summed E-state index contributed by atoms with van der Waals surface area (Å²) in [5.41, 5.74) is 4.78. The molecule has 0 saturated carbocycles. The fourth-order valence-electron chi connectivity index (χ4n) is 3.64. The number of piperazine rings is 1. The van der Waals surface area contributed by atoms with Gasteiger partial charge in [0.2, 0.25) is 11.8 Å². The molecule has 150 valence electrons. The first-order chi connectivity index (χ1) is 13.9. The topological polar surface area (TPSA) is 67.7 Å². The number of rotatable bonds is 4. The molecule has 0 aliphatic carbocycles. The molecule has 0 atom stereocenters. The van der Waals surface area contributed by atoms with Crippen molar-refractivity contribution in [3.05, 3.63) is 59.2 Å². The lowest BCUT2D eigenvalue weighted by Crippen LogP contribution is -2.52. The van der Waals surface area contributed by atoms with Gasteiger partial charge >= 0.3 is 0 Å². The molecule has 0 radical (unpaired) electrons. The highest BCUT2D eigenvalue weighted by Gasteiger charge is 2.25. The Balaban J connectivity index is 1.66. The minimum atomic E-state index is -0.220. The predicted octanol–water partition coefficient (Wildman–Crippen LogP) is 2.88. The Labute approximate surface area is 171 Å². The van der Waals surface area contributed by atoms with E-state index < -0.39 is 0 Å². The van der Waals surface area contributed by atoms with Crippen molar-refractivity contribution in [1.29, 1.82) is 5.26 Å². The number of hydrogen-bond donors (Lipinski definition) is 0. The van der Waals surface area contributed by atoms with E-state index in [4.69, 9.17) is 5.26 Å². The maximum atomic E-state index is 12.9. The van der Waals surface area contributed by atoms with Crippen LogP contribution in [0, 0.1) is 25.2 Å². The van der Waals surface area contributed by atoms with E-state index in [0.717, 1.165) is 13.1 Å². The van der Waals surface area contributed by atoms with Gasteiger partial charge in [-0.3, -0.25) is 9.59 Å². The molecule has 2 aromatic rings. The Morgan fingerprint density at radius 2 is 1.76 bits per heavy atom. The van der Waals surface area contributed by atoms with Crippen LogP contribution >= 0.6 is 0 Å². The third-order valence-electron chi connectivity index (χ3n) is 5.51. The number of nitrogens with zero attached hydrogens (tertiary/aromatic N) is 4. The molecule has 0 spiro atoms. The van der Waals surface area contributed by atoms with Crippen molar-refractivity contribution in [1.82, 2.24) is 4.90 Å². The molecule has 2 amide bonds. The quantitative estimate of drug-likeness (QED) is 0.805. The summed E-state index contributed by atoms with van der Waals surface area (Å²) in [6, 6.07) is 15.1. The molecule has 1 aliphatic rings. The van der Waals surface area contributed by atoms with Crippen molar-refractivity contribution >= 4 is 23.2 Å². The molecule has 1 aliphatic heterocycles. The van der Waals surface area contributed by atoms with E-state index in [9.17, 15) is 9.59 Å². The Hall–Kier alpha value is -3.33. The average molecular weight is 390 g/mol. The first kappa shape index (κ1) is 20.4. The molecule has 1 saturated heterocycles. The van der Waals surface area contributed by atoms with Crippen molar-refractivity contribution in [2.24, 2.45) is 0 Å². The van der Waals surface area contributed by atoms with Crippen LogP contribution in [-0.2, 0) is 9.59 Å². The molecule has 1 fully saturated rings. The second-order valence-electron chi connectivity index (χ2n) is 7.35. The summed E-state index contributed by atoms with van der Waals surface area (Å²) in [7, 11) is 0. The summed E-state index contributed by atoms with van der Waals surface area (Å²) >= 11 is 0. The van der Waals surface area contributed by atoms with Crippen molar-refractivity contribution in [2.75, 3.05) is 42.5 Å². The van der Waals surface area contributed by atoms with Gasteiger partial charge in [-0.2, -0.15) is 5.26 Å². The van der Waals surface area contributed by atoms with Crippen LogP contribution in [-0.4, -0.2) is 49.4 Å². The maximum absolute atomic E-state index is 12.9. The lowest BCUT2D eigenvalue weighted by Gasteiger charge is -2.37. The first-order valence-electron chi connectivity index (χ1n) is 9.78. The monoisotopic (exact) mass is 390 g/mol. The van der Waals surface area contributed by atoms with Crippen molar-refractivity contribution in [3.63, 3.8) is 0 Å². The van der Waals surface area contributed by atoms with E-state index in [0.29, 0.717) is 24.3 Å². The molecule has 6 nitrogen and oxygen atoms in total. The van der Waals surface area contributed by atoms with Gasteiger partial charge in [-0.05, 0) is 49.2 Å². The Morgan fingerprint density at radius 3 is 2.41 bits per heavy atom. The van der Waals surface area contributed by atoms with Crippen LogP contribution in [0.5, 0.6) is 0 Å². The van der Waals surface area contributed by atoms with Gasteiger partial charge in [-0.1, -0.05) is 18.2 Å². The van der Waals surface area contributed by atoms with Crippen LogP contribution in [0.2, 0.25) is 0 Å². The Morgan fingerprint density at radius 1 is 1.07 bits per heavy atom. The standard InChI is InChI=1S/C23H26N4O2/c1-17-6-4-9-22(18(17)2)25-10-12-26(13-11-25)23(29)16-27(19(3)28)21-8-5-7-20(14-21)15-24/h4-9,14H,10-13,16H2,1-3H3. The van der Waals surface area contributed by atoms with Gasteiger partial charge in [0.1, 0.15) is 6.54 Å². The number of hydrogen-bond acceptors (Lipinski definition) is 4. The Kier molecular flexibility index (Phi) is 6.18. The summed E-state index contributed by atoms with van der Waals surface area (Å²) in [6.07, 6.45) is 0. The number of carbonyl (C=O) groups is 2. The van der Waals surface area contributed by atoms with Gasteiger partial charge in [0.25, 0.3) is 0 Å². The predicted molar refractivity (Wildman–Crippen MR) is 114 cm³/mol. The summed E-state index contributed by atoms with van der Waals surface area (Å²) < 4.78 is 0. The highest BCUT2D eigenvalue weighted by molar-refractivity contribution is 5.97. The summed E-state index contributed by atoms with van der Waals surface area (Å²) in [4.78, 5) is 30.5. The zero-order chi connectivity index (χ0) is 21.0. The van der Waals surface area contributed by atoms with Crippen LogP contribution < -0.4 is 9.80 Å². The number of carbonyl (C=O) groups excluding carboxylic acids is 2. The van der Waals surface area contributed by atoms with Gasteiger partial charge < -0.3 is 14.7 Å². The van der Waals surface area contributed by atoms with Gasteiger partial charge in [0, 0.05) is 44.5 Å². The smallest absolute Gasteiger partial charge is 0.242 e. The molecule has 2 aromatic carbocycles. The summed E-state index contributed by atoms with van der Waals surface area (Å²) in [5, 5.41) is 9.09. The summed E-state index contributed by atoms with van der Waals surface area (Å²) in [5.74, 6) is -0.300. The van der Waals surface area contributed by atoms with Crippen LogP contribution in [0.25, 0.3) is 0 Å². The molecular formula is C23H26N4O2. The molecule has 6 heteroatoms. The van der Waals surface area contributed by atoms with Crippen LogP contribution in [0.3, 0.4) is 0 Å². The van der Waals surface area contributed by atoms with Crippen LogP contribution in [0.4, 0.5) is 11.4 Å². The van der Waals surface area contributed by atoms with Gasteiger partial charge in [0.15, 0.2) is 0 Å². The molecule has 0 bridgehead atoms. The SMILES string of the molecule is CC(=O)N(CC(=O)N1CCN(c2cccc(C)c2C)CC1)c1cccc(C#N)c1. The normalized spacial score (nSPS) is 13.7. The third kappa shape index (κ3) is 4.57. The lowest BCUT2D eigenvalue weighted by molar-refractivity contribution is -0.131. The molecule has 1 heterocycles. The fraction of sp³-hybridized carbons (Fsp3) is 0.348. The maximum Gasteiger partial charge on any atom is 0.242 e. The van der Waals surface area contributed by atoms with E-state index in [-0.39, 0.29) is 18.4 Å². The number of aryl methyl sites for hydroxylation is 1. The van der Waals surface area contributed by atoms with Crippen LogP contribution in [0.1, 0.15) is 23.6 Å². The van der Waals surface area contributed by atoms with E-state index >= 15 is 0 Å².